The van der Waals surface area contributed by atoms with Crippen molar-refractivity contribution in [1.29, 1.82) is 0 Å². The molecule has 1 fully saturated rings. The maximum absolute atomic E-state index is 11.7. The summed E-state index contributed by atoms with van der Waals surface area (Å²) in [7, 11) is 0. The van der Waals surface area contributed by atoms with Gasteiger partial charge in [0.25, 0.3) is 0 Å². The molecule has 0 radical (unpaired) electrons. The van der Waals surface area contributed by atoms with E-state index >= 15 is 0 Å². The van der Waals surface area contributed by atoms with Crippen LogP contribution >= 0.6 is 0 Å². The minimum absolute atomic E-state index is 0.199. The summed E-state index contributed by atoms with van der Waals surface area (Å²) in [5.74, 6) is 1.68. The van der Waals surface area contributed by atoms with Gasteiger partial charge in [-0.1, -0.05) is 27.4 Å². The van der Waals surface area contributed by atoms with Crippen molar-refractivity contribution in [3.05, 3.63) is 12.2 Å². The van der Waals surface area contributed by atoms with Crippen molar-refractivity contribution in [3.8, 4) is 0 Å². The molecule has 96 valence electrons. The van der Waals surface area contributed by atoms with Crippen LogP contribution in [-0.2, 0) is 9.59 Å². The zero-order chi connectivity index (χ0) is 13.0. The van der Waals surface area contributed by atoms with Gasteiger partial charge in [0.15, 0.2) is 5.78 Å². The van der Waals surface area contributed by atoms with Crippen molar-refractivity contribution in [2.75, 3.05) is 0 Å². The Morgan fingerprint density at radius 3 is 2.53 bits per heavy atom. The molecule has 1 aliphatic carbocycles. The van der Waals surface area contributed by atoms with Gasteiger partial charge in [-0.2, -0.15) is 0 Å². The maximum atomic E-state index is 11.7. The fourth-order valence-corrected chi connectivity index (χ4v) is 2.53. The number of carbonyl (C=O) groups excluding carboxylic acids is 2. The molecule has 2 atom stereocenters. The monoisotopic (exact) mass is 236 g/mol. The molecule has 1 unspecified atom stereocenters. The zero-order valence-corrected chi connectivity index (χ0v) is 11.3. The van der Waals surface area contributed by atoms with E-state index in [-0.39, 0.29) is 5.78 Å². The normalized spacial score (nSPS) is 22.9. The second kappa shape index (κ2) is 6.13. The third-order valence-corrected chi connectivity index (χ3v) is 3.65. The molecule has 0 aromatic heterocycles. The Morgan fingerprint density at radius 1 is 1.35 bits per heavy atom. The van der Waals surface area contributed by atoms with E-state index in [1.807, 2.05) is 0 Å². The van der Waals surface area contributed by atoms with Crippen LogP contribution in [0.4, 0.5) is 0 Å². The van der Waals surface area contributed by atoms with E-state index in [0.717, 1.165) is 18.4 Å². The van der Waals surface area contributed by atoms with E-state index in [1.165, 1.54) is 0 Å². The molecular weight excluding hydrogens is 212 g/mol. The molecular formula is C15H24O2. The summed E-state index contributed by atoms with van der Waals surface area (Å²) in [6.45, 7) is 10.0. The molecule has 2 heteroatoms. The highest BCUT2D eigenvalue weighted by atomic mass is 16.1. The van der Waals surface area contributed by atoms with Crippen LogP contribution in [0.25, 0.3) is 0 Å². The van der Waals surface area contributed by atoms with Crippen LogP contribution in [0.1, 0.15) is 52.9 Å². The van der Waals surface area contributed by atoms with Crippen molar-refractivity contribution in [3.63, 3.8) is 0 Å². The van der Waals surface area contributed by atoms with Crippen LogP contribution in [-0.4, -0.2) is 11.6 Å². The van der Waals surface area contributed by atoms with Gasteiger partial charge in [-0.05, 0) is 36.2 Å². The number of ketones is 2. The lowest BCUT2D eigenvalue weighted by atomic mass is 9.76. The van der Waals surface area contributed by atoms with E-state index in [1.54, 1.807) is 0 Å². The molecule has 0 saturated heterocycles. The number of carbonyl (C=O) groups is 2. The molecule has 0 aromatic carbocycles. The Hall–Kier alpha value is -0.920. The van der Waals surface area contributed by atoms with Gasteiger partial charge in [0.1, 0.15) is 5.78 Å². The average Bonchev–Trinajstić information content (AvgIpc) is 2.20. The van der Waals surface area contributed by atoms with Gasteiger partial charge in [-0.15, -0.1) is 0 Å². The van der Waals surface area contributed by atoms with E-state index in [2.05, 4.69) is 27.4 Å². The average molecular weight is 236 g/mol. The lowest BCUT2D eigenvalue weighted by Crippen LogP contribution is -2.24. The number of Topliss-reactive ketones (excluding diaryl/α,β-unsaturated/α-hetero) is 2. The molecule has 1 aliphatic rings. The lowest BCUT2D eigenvalue weighted by Gasteiger charge is -2.27. The first kappa shape index (κ1) is 14.1. The lowest BCUT2D eigenvalue weighted by molar-refractivity contribution is -0.122. The van der Waals surface area contributed by atoms with Gasteiger partial charge in [0.05, 0.1) is 0 Å². The topological polar surface area (TPSA) is 34.1 Å². The molecule has 0 amide bonds. The van der Waals surface area contributed by atoms with Crippen LogP contribution in [0.2, 0.25) is 0 Å². The molecule has 1 saturated carbocycles. The summed E-state index contributed by atoms with van der Waals surface area (Å²) in [5, 5.41) is 0. The second-order valence-electron chi connectivity index (χ2n) is 5.85. The number of rotatable bonds is 5. The zero-order valence-electron chi connectivity index (χ0n) is 11.3. The maximum Gasteiger partial charge on any atom is 0.158 e. The van der Waals surface area contributed by atoms with Crippen LogP contribution in [0, 0.1) is 17.8 Å². The van der Waals surface area contributed by atoms with Crippen molar-refractivity contribution < 1.29 is 9.59 Å². The third-order valence-electron chi connectivity index (χ3n) is 3.65. The van der Waals surface area contributed by atoms with E-state index < -0.39 is 0 Å². The molecule has 0 aromatic rings. The second-order valence-corrected chi connectivity index (χ2v) is 5.85. The molecule has 0 heterocycles. The van der Waals surface area contributed by atoms with Crippen LogP contribution in [0.5, 0.6) is 0 Å². The molecule has 1 rings (SSSR count). The van der Waals surface area contributed by atoms with Gasteiger partial charge < -0.3 is 0 Å². The minimum atomic E-state index is 0.199. The highest BCUT2D eigenvalue weighted by Crippen LogP contribution is 2.32. The Morgan fingerprint density at radius 2 is 2.00 bits per heavy atom. The predicted molar refractivity (Wildman–Crippen MR) is 69.7 cm³/mol. The number of hydrogen-bond acceptors (Lipinski definition) is 2. The summed E-state index contributed by atoms with van der Waals surface area (Å²) < 4.78 is 0. The molecule has 0 N–H and O–H groups in total. The Balaban J connectivity index is 2.42. The standard InChI is InChI=1S/C15H24O2/c1-10(2)7-14(16)8-12(4)13-6-5-11(3)15(17)9-13/h10,12-13H,3,5-9H2,1-2,4H3/t12?,13-/m1/s1. The summed E-state index contributed by atoms with van der Waals surface area (Å²) in [5.41, 5.74) is 0.766. The van der Waals surface area contributed by atoms with Gasteiger partial charge in [-0.25, -0.2) is 0 Å². The molecule has 2 nitrogen and oxygen atoms in total. The van der Waals surface area contributed by atoms with Crippen molar-refractivity contribution >= 4 is 11.6 Å². The summed E-state index contributed by atoms with van der Waals surface area (Å²) in [4.78, 5) is 23.3. The van der Waals surface area contributed by atoms with Crippen molar-refractivity contribution in [1.82, 2.24) is 0 Å². The molecule has 17 heavy (non-hydrogen) atoms. The number of hydrogen-bond donors (Lipinski definition) is 0. The molecule has 0 spiro atoms. The minimum Gasteiger partial charge on any atom is -0.300 e. The first-order chi connectivity index (χ1) is 7.90. The van der Waals surface area contributed by atoms with Gasteiger partial charge in [0.2, 0.25) is 0 Å². The van der Waals surface area contributed by atoms with Gasteiger partial charge in [-0.3, -0.25) is 9.59 Å². The fourth-order valence-electron chi connectivity index (χ4n) is 2.53. The van der Waals surface area contributed by atoms with Crippen LogP contribution < -0.4 is 0 Å². The number of allylic oxidation sites excluding steroid dienone is 1. The van der Waals surface area contributed by atoms with Crippen LogP contribution in [0.3, 0.4) is 0 Å². The van der Waals surface area contributed by atoms with E-state index in [4.69, 9.17) is 0 Å². The summed E-state index contributed by atoms with van der Waals surface area (Å²) in [6.07, 6.45) is 3.71. The summed E-state index contributed by atoms with van der Waals surface area (Å²) >= 11 is 0. The molecule has 0 bridgehead atoms. The van der Waals surface area contributed by atoms with Crippen molar-refractivity contribution in [2.24, 2.45) is 17.8 Å². The Kier molecular flexibility index (Phi) is 5.10. The highest BCUT2D eigenvalue weighted by Gasteiger charge is 2.27. The van der Waals surface area contributed by atoms with Crippen LogP contribution in [0.15, 0.2) is 12.2 Å². The third kappa shape index (κ3) is 4.45. The first-order valence-corrected chi connectivity index (χ1v) is 6.62. The van der Waals surface area contributed by atoms with Gasteiger partial charge in [0, 0.05) is 19.3 Å². The Bertz CT molecular complexity index is 315. The first-order valence-electron chi connectivity index (χ1n) is 6.62. The smallest absolute Gasteiger partial charge is 0.158 e. The van der Waals surface area contributed by atoms with Gasteiger partial charge >= 0.3 is 0 Å². The predicted octanol–water partition coefficient (Wildman–Crippen LogP) is 3.55. The molecule has 0 aliphatic heterocycles. The largest absolute Gasteiger partial charge is 0.300 e. The SMILES string of the molecule is C=C1CC[C@@H](C(C)CC(=O)CC(C)C)CC1=O. The summed E-state index contributed by atoms with van der Waals surface area (Å²) in [6, 6.07) is 0. The van der Waals surface area contributed by atoms with E-state index in [9.17, 15) is 9.59 Å². The Labute approximate surface area is 104 Å². The van der Waals surface area contributed by atoms with E-state index in [0.29, 0.717) is 42.8 Å². The fraction of sp³-hybridized carbons (Fsp3) is 0.733. The highest BCUT2D eigenvalue weighted by molar-refractivity contribution is 5.95. The van der Waals surface area contributed by atoms with Crippen molar-refractivity contribution in [2.45, 2.75) is 52.9 Å². The quantitative estimate of drug-likeness (QED) is 0.684.